The summed E-state index contributed by atoms with van der Waals surface area (Å²) in [5, 5.41) is 14.3. The van der Waals surface area contributed by atoms with E-state index in [1.54, 1.807) is 20.9 Å². The average molecular weight is 374 g/mol. The van der Waals surface area contributed by atoms with Crippen molar-refractivity contribution in [2.75, 3.05) is 7.05 Å². The number of rotatable bonds is 7. The van der Waals surface area contributed by atoms with E-state index in [0.717, 1.165) is 5.56 Å². The molecule has 2 heterocycles. The maximum atomic E-state index is 12.6. The fourth-order valence-electron chi connectivity index (χ4n) is 2.38. The molecule has 1 amide bonds. The standard InChI is InChI=1S/C17H19N5OS2/c1-13(16(23)21(2)11-14-7-4-3-5-8-14)25-17-18-19-20-22(17)12-15-9-6-10-24-15/h3-10,13H,11-12H2,1-2H3. The third-order valence-corrected chi connectivity index (χ3v) is 5.57. The lowest BCUT2D eigenvalue weighted by Crippen LogP contribution is -2.33. The van der Waals surface area contributed by atoms with Gasteiger partial charge in [0.15, 0.2) is 0 Å². The molecule has 1 aromatic carbocycles. The Morgan fingerprint density at radius 2 is 2.08 bits per heavy atom. The van der Waals surface area contributed by atoms with Crippen molar-refractivity contribution in [1.82, 2.24) is 25.1 Å². The molecular weight excluding hydrogens is 354 g/mol. The Kier molecular flexibility index (Phi) is 5.83. The Balaban J connectivity index is 1.61. The van der Waals surface area contributed by atoms with E-state index >= 15 is 0 Å². The van der Waals surface area contributed by atoms with E-state index in [-0.39, 0.29) is 11.2 Å². The van der Waals surface area contributed by atoms with Gasteiger partial charge in [-0.15, -0.1) is 16.4 Å². The first-order chi connectivity index (χ1) is 12.1. The SMILES string of the molecule is CC(Sc1nnnn1Cc1cccs1)C(=O)N(C)Cc1ccccc1. The van der Waals surface area contributed by atoms with Gasteiger partial charge in [-0.3, -0.25) is 4.79 Å². The van der Waals surface area contributed by atoms with Crippen LogP contribution >= 0.6 is 23.1 Å². The summed E-state index contributed by atoms with van der Waals surface area (Å²) in [6.45, 7) is 3.09. The molecule has 8 heteroatoms. The van der Waals surface area contributed by atoms with Crippen LogP contribution in [-0.2, 0) is 17.9 Å². The van der Waals surface area contributed by atoms with Crippen molar-refractivity contribution < 1.29 is 4.79 Å². The van der Waals surface area contributed by atoms with Crippen molar-refractivity contribution in [2.45, 2.75) is 30.4 Å². The molecule has 0 fully saturated rings. The van der Waals surface area contributed by atoms with Gasteiger partial charge in [0, 0.05) is 18.5 Å². The molecule has 130 valence electrons. The molecule has 6 nitrogen and oxygen atoms in total. The molecule has 0 aliphatic heterocycles. The lowest BCUT2D eigenvalue weighted by molar-refractivity contribution is -0.129. The molecule has 3 rings (SSSR count). The summed E-state index contributed by atoms with van der Waals surface area (Å²) < 4.78 is 1.73. The van der Waals surface area contributed by atoms with Crippen LogP contribution in [0.1, 0.15) is 17.4 Å². The van der Waals surface area contributed by atoms with Crippen LogP contribution in [0.2, 0.25) is 0 Å². The summed E-state index contributed by atoms with van der Waals surface area (Å²) >= 11 is 3.05. The maximum Gasteiger partial charge on any atom is 0.235 e. The summed E-state index contributed by atoms with van der Waals surface area (Å²) in [5.74, 6) is 0.0551. The first-order valence-electron chi connectivity index (χ1n) is 7.87. The Morgan fingerprint density at radius 1 is 1.28 bits per heavy atom. The summed E-state index contributed by atoms with van der Waals surface area (Å²) in [6, 6.07) is 14.0. The van der Waals surface area contributed by atoms with Crippen LogP contribution in [0.25, 0.3) is 0 Å². The quantitative estimate of drug-likeness (QED) is 0.596. The largest absolute Gasteiger partial charge is 0.340 e. The minimum atomic E-state index is -0.262. The van der Waals surface area contributed by atoms with Crippen LogP contribution in [0.5, 0.6) is 0 Å². The maximum absolute atomic E-state index is 12.6. The number of thiophene rings is 1. The molecule has 1 unspecified atom stereocenters. The zero-order chi connectivity index (χ0) is 17.6. The van der Waals surface area contributed by atoms with Crippen molar-refractivity contribution in [3.8, 4) is 0 Å². The molecule has 0 aliphatic carbocycles. The van der Waals surface area contributed by atoms with Crippen molar-refractivity contribution in [2.24, 2.45) is 0 Å². The molecular formula is C17H19N5OS2. The average Bonchev–Trinajstić information content (AvgIpc) is 3.28. The molecule has 0 N–H and O–H groups in total. The van der Waals surface area contributed by atoms with Crippen molar-refractivity contribution in [3.05, 3.63) is 58.3 Å². The summed E-state index contributed by atoms with van der Waals surface area (Å²) in [7, 11) is 1.82. The van der Waals surface area contributed by atoms with Gasteiger partial charge < -0.3 is 4.90 Å². The number of hydrogen-bond donors (Lipinski definition) is 0. The molecule has 25 heavy (non-hydrogen) atoms. The van der Waals surface area contributed by atoms with Gasteiger partial charge in [-0.1, -0.05) is 48.2 Å². The van der Waals surface area contributed by atoms with Gasteiger partial charge >= 0.3 is 0 Å². The molecule has 0 spiro atoms. The number of aromatic nitrogens is 4. The van der Waals surface area contributed by atoms with Gasteiger partial charge in [0.05, 0.1) is 11.8 Å². The molecule has 0 radical (unpaired) electrons. The topological polar surface area (TPSA) is 63.9 Å². The van der Waals surface area contributed by atoms with E-state index in [1.165, 1.54) is 16.6 Å². The highest BCUT2D eigenvalue weighted by molar-refractivity contribution is 8.00. The first-order valence-corrected chi connectivity index (χ1v) is 9.63. The van der Waals surface area contributed by atoms with E-state index < -0.39 is 0 Å². The second-order valence-electron chi connectivity index (χ2n) is 5.64. The van der Waals surface area contributed by atoms with Crippen LogP contribution in [0, 0.1) is 0 Å². The van der Waals surface area contributed by atoms with Gasteiger partial charge in [0.2, 0.25) is 11.1 Å². The van der Waals surface area contributed by atoms with Crippen molar-refractivity contribution >= 4 is 29.0 Å². The number of nitrogens with zero attached hydrogens (tertiary/aromatic N) is 5. The van der Waals surface area contributed by atoms with Crippen LogP contribution < -0.4 is 0 Å². The highest BCUT2D eigenvalue weighted by Gasteiger charge is 2.22. The van der Waals surface area contributed by atoms with Gasteiger partial charge in [0.1, 0.15) is 0 Å². The van der Waals surface area contributed by atoms with Crippen LogP contribution in [0.15, 0.2) is 53.0 Å². The molecule has 1 atom stereocenters. The highest BCUT2D eigenvalue weighted by Crippen LogP contribution is 2.23. The van der Waals surface area contributed by atoms with E-state index in [4.69, 9.17) is 0 Å². The van der Waals surface area contributed by atoms with E-state index in [2.05, 4.69) is 15.5 Å². The normalized spacial score (nSPS) is 12.1. The Hall–Kier alpha value is -2.19. The number of amides is 1. The summed E-state index contributed by atoms with van der Waals surface area (Å²) in [4.78, 5) is 15.5. The number of tetrazole rings is 1. The van der Waals surface area contributed by atoms with Gasteiger partial charge in [-0.05, 0) is 34.4 Å². The fraction of sp³-hybridized carbons (Fsp3) is 0.294. The third-order valence-electron chi connectivity index (χ3n) is 3.65. The van der Waals surface area contributed by atoms with E-state index in [0.29, 0.717) is 18.2 Å². The number of benzene rings is 1. The number of carbonyl (C=O) groups excluding carboxylic acids is 1. The Labute approximate surface area is 154 Å². The highest BCUT2D eigenvalue weighted by atomic mass is 32.2. The zero-order valence-corrected chi connectivity index (χ0v) is 15.7. The molecule has 2 aromatic heterocycles. The zero-order valence-electron chi connectivity index (χ0n) is 14.1. The smallest absolute Gasteiger partial charge is 0.235 e. The third kappa shape index (κ3) is 4.67. The van der Waals surface area contributed by atoms with Crippen LogP contribution in [0.3, 0.4) is 0 Å². The lowest BCUT2D eigenvalue weighted by Gasteiger charge is -2.20. The lowest BCUT2D eigenvalue weighted by atomic mass is 10.2. The summed E-state index contributed by atoms with van der Waals surface area (Å²) in [5.41, 5.74) is 1.11. The van der Waals surface area contributed by atoms with Gasteiger partial charge in [-0.25, -0.2) is 4.68 Å². The molecule has 0 saturated heterocycles. The monoisotopic (exact) mass is 373 g/mol. The minimum Gasteiger partial charge on any atom is -0.340 e. The van der Waals surface area contributed by atoms with E-state index in [9.17, 15) is 4.79 Å². The van der Waals surface area contributed by atoms with Crippen molar-refractivity contribution in [3.63, 3.8) is 0 Å². The minimum absolute atomic E-state index is 0.0551. The summed E-state index contributed by atoms with van der Waals surface area (Å²) in [6.07, 6.45) is 0. The molecule has 0 bridgehead atoms. The number of thioether (sulfide) groups is 1. The van der Waals surface area contributed by atoms with Gasteiger partial charge in [0.25, 0.3) is 0 Å². The van der Waals surface area contributed by atoms with Crippen molar-refractivity contribution in [1.29, 1.82) is 0 Å². The molecule has 3 aromatic rings. The number of carbonyl (C=O) groups is 1. The second-order valence-corrected chi connectivity index (χ2v) is 7.98. The van der Waals surface area contributed by atoms with Crippen LogP contribution in [0.4, 0.5) is 0 Å². The van der Waals surface area contributed by atoms with E-state index in [1.807, 2.05) is 61.8 Å². The van der Waals surface area contributed by atoms with Crippen LogP contribution in [-0.4, -0.2) is 43.3 Å². The molecule has 0 saturated carbocycles. The predicted octanol–water partition coefficient (Wildman–Crippen LogP) is 2.92. The Morgan fingerprint density at radius 3 is 2.80 bits per heavy atom. The Bertz CT molecular complexity index is 804. The molecule has 0 aliphatic rings. The fourth-order valence-corrected chi connectivity index (χ4v) is 3.97. The predicted molar refractivity (Wildman–Crippen MR) is 99.5 cm³/mol. The second kappa shape index (κ2) is 8.26. The first kappa shape index (κ1) is 17.6. The van der Waals surface area contributed by atoms with Gasteiger partial charge in [-0.2, -0.15) is 0 Å². The number of hydrogen-bond acceptors (Lipinski definition) is 6.